The van der Waals surface area contributed by atoms with Gasteiger partial charge < -0.3 is 9.67 Å². The average Bonchev–Trinajstić information content (AvgIpc) is 2.80. The molecule has 0 fully saturated rings. The Morgan fingerprint density at radius 1 is 1.50 bits per heavy atom. The molecule has 2 rings (SSSR count). The fourth-order valence-corrected chi connectivity index (χ4v) is 2.46. The molecule has 0 radical (unpaired) electrons. The standard InChI is InChI=1S/C13H14BrClN2O/c1-2-6-17-7-5-16-13(17)12(18)10-8-9(14)3-4-11(10)15/h3-5,7-8,12,18H,2,6H2,1H3. The lowest BCUT2D eigenvalue weighted by atomic mass is 10.1. The number of hydrogen-bond acceptors (Lipinski definition) is 2. The zero-order valence-corrected chi connectivity index (χ0v) is 12.3. The number of aliphatic hydroxyl groups excluding tert-OH is 1. The fraction of sp³-hybridized carbons (Fsp3) is 0.308. The third-order valence-corrected chi connectivity index (χ3v) is 3.55. The summed E-state index contributed by atoms with van der Waals surface area (Å²) in [7, 11) is 0. The zero-order valence-electron chi connectivity index (χ0n) is 9.98. The Morgan fingerprint density at radius 3 is 3.00 bits per heavy atom. The first-order valence-corrected chi connectivity index (χ1v) is 6.94. The van der Waals surface area contributed by atoms with Crippen molar-refractivity contribution < 1.29 is 5.11 Å². The predicted molar refractivity (Wildman–Crippen MR) is 75.7 cm³/mol. The molecule has 0 bridgehead atoms. The molecule has 0 aliphatic carbocycles. The summed E-state index contributed by atoms with van der Waals surface area (Å²) in [6.45, 7) is 2.92. The minimum absolute atomic E-state index is 0.539. The molecule has 5 heteroatoms. The first kappa shape index (κ1) is 13.6. The van der Waals surface area contributed by atoms with Gasteiger partial charge in [0.15, 0.2) is 0 Å². The molecule has 1 unspecified atom stereocenters. The molecule has 18 heavy (non-hydrogen) atoms. The second kappa shape index (κ2) is 5.87. The second-order valence-corrected chi connectivity index (χ2v) is 5.37. The van der Waals surface area contributed by atoms with Crippen LogP contribution in [0.25, 0.3) is 0 Å². The van der Waals surface area contributed by atoms with E-state index in [0.717, 1.165) is 17.4 Å². The summed E-state index contributed by atoms with van der Waals surface area (Å²) in [5, 5.41) is 10.9. The molecule has 1 atom stereocenters. The highest BCUT2D eigenvalue weighted by Gasteiger charge is 2.18. The van der Waals surface area contributed by atoms with Crippen LogP contribution in [-0.2, 0) is 6.54 Å². The summed E-state index contributed by atoms with van der Waals surface area (Å²) < 4.78 is 2.83. The second-order valence-electron chi connectivity index (χ2n) is 4.05. The first-order chi connectivity index (χ1) is 8.63. The van der Waals surface area contributed by atoms with E-state index in [-0.39, 0.29) is 0 Å². The highest BCUT2D eigenvalue weighted by molar-refractivity contribution is 9.10. The number of halogens is 2. The molecule has 1 N–H and O–H groups in total. The lowest BCUT2D eigenvalue weighted by molar-refractivity contribution is 0.204. The van der Waals surface area contributed by atoms with Crippen LogP contribution < -0.4 is 0 Å². The molecular weight excluding hydrogens is 316 g/mol. The zero-order chi connectivity index (χ0) is 13.1. The Morgan fingerprint density at radius 2 is 2.28 bits per heavy atom. The van der Waals surface area contributed by atoms with Gasteiger partial charge in [0.25, 0.3) is 0 Å². The topological polar surface area (TPSA) is 38.0 Å². The number of imidazole rings is 1. The normalized spacial score (nSPS) is 12.7. The van der Waals surface area contributed by atoms with Gasteiger partial charge in [0.05, 0.1) is 0 Å². The van der Waals surface area contributed by atoms with Crippen LogP contribution in [0.2, 0.25) is 5.02 Å². The molecule has 96 valence electrons. The van der Waals surface area contributed by atoms with Gasteiger partial charge in [-0.15, -0.1) is 0 Å². The van der Waals surface area contributed by atoms with Crippen molar-refractivity contribution in [3.63, 3.8) is 0 Å². The van der Waals surface area contributed by atoms with Crippen LogP contribution in [0.3, 0.4) is 0 Å². The highest BCUT2D eigenvalue weighted by Crippen LogP contribution is 2.30. The number of nitrogens with zero attached hydrogens (tertiary/aromatic N) is 2. The van der Waals surface area contributed by atoms with E-state index >= 15 is 0 Å². The van der Waals surface area contributed by atoms with Gasteiger partial charge in [0, 0.05) is 34.0 Å². The fourth-order valence-electron chi connectivity index (χ4n) is 1.86. The summed E-state index contributed by atoms with van der Waals surface area (Å²) in [6.07, 6.45) is 3.74. The van der Waals surface area contributed by atoms with Gasteiger partial charge in [-0.05, 0) is 24.6 Å². The van der Waals surface area contributed by atoms with Crippen molar-refractivity contribution in [1.29, 1.82) is 0 Å². The third-order valence-electron chi connectivity index (χ3n) is 2.71. The van der Waals surface area contributed by atoms with Gasteiger partial charge in [0.1, 0.15) is 11.9 Å². The monoisotopic (exact) mass is 328 g/mol. The summed E-state index contributed by atoms with van der Waals surface area (Å²) in [5.74, 6) is 0.622. The van der Waals surface area contributed by atoms with Crippen molar-refractivity contribution in [3.05, 3.63) is 51.5 Å². The molecule has 1 aromatic heterocycles. The molecule has 0 saturated heterocycles. The molecule has 1 heterocycles. The molecule has 3 nitrogen and oxygen atoms in total. The van der Waals surface area contributed by atoms with Crippen LogP contribution in [-0.4, -0.2) is 14.7 Å². The number of aliphatic hydroxyl groups is 1. The van der Waals surface area contributed by atoms with Gasteiger partial charge in [0.2, 0.25) is 0 Å². The van der Waals surface area contributed by atoms with Gasteiger partial charge in [-0.2, -0.15) is 0 Å². The van der Waals surface area contributed by atoms with Crippen molar-refractivity contribution in [3.8, 4) is 0 Å². The smallest absolute Gasteiger partial charge is 0.142 e. The Hall–Kier alpha value is -0.840. The predicted octanol–water partition coefficient (Wildman–Crippen LogP) is 3.79. The number of aromatic nitrogens is 2. The first-order valence-electron chi connectivity index (χ1n) is 5.77. The van der Waals surface area contributed by atoms with Crippen molar-refractivity contribution >= 4 is 27.5 Å². The number of benzene rings is 1. The van der Waals surface area contributed by atoms with E-state index in [9.17, 15) is 5.11 Å². The Kier molecular flexibility index (Phi) is 4.43. The highest BCUT2D eigenvalue weighted by atomic mass is 79.9. The molecule has 0 saturated carbocycles. The molecule has 1 aromatic carbocycles. The van der Waals surface area contributed by atoms with Crippen LogP contribution in [0.15, 0.2) is 35.1 Å². The summed E-state index contributed by atoms with van der Waals surface area (Å²) in [5.41, 5.74) is 0.662. The lowest BCUT2D eigenvalue weighted by Gasteiger charge is -2.14. The van der Waals surface area contributed by atoms with E-state index in [4.69, 9.17) is 11.6 Å². The van der Waals surface area contributed by atoms with Crippen molar-refractivity contribution in [2.75, 3.05) is 0 Å². The van der Waals surface area contributed by atoms with Crippen LogP contribution in [0, 0.1) is 0 Å². The van der Waals surface area contributed by atoms with Crippen molar-refractivity contribution in [1.82, 2.24) is 9.55 Å². The number of aryl methyl sites for hydroxylation is 1. The molecule has 0 aliphatic rings. The van der Waals surface area contributed by atoms with Crippen LogP contribution >= 0.6 is 27.5 Å². The van der Waals surface area contributed by atoms with E-state index in [1.54, 1.807) is 12.3 Å². The van der Waals surface area contributed by atoms with Crippen LogP contribution in [0.5, 0.6) is 0 Å². The molecular formula is C13H14BrClN2O. The quantitative estimate of drug-likeness (QED) is 0.926. The minimum Gasteiger partial charge on any atom is -0.380 e. The third kappa shape index (κ3) is 2.76. The van der Waals surface area contributed by atoms with Gasteiger partial charge in [-0.25, -0.2) is 4.98 Å². The SMILES string of the molecule is CCCn1ccnc1C(O)c1cc(Br)ccc1Cl. The van der Waals surface area contributed by atoms with Gasteiger partial charge in [-0.1, -0.05) is 34.5 Å². The molecule has 2 aromatic rings. The maximum absolute atomic E-state index is 10.4. The molecule has 0 amide bonds. The summed E-state index contributed by atoms with van der Waals surface area (Å²) >= 11 is 9.50. The largest absolute Gasteiger partial charge is 0.380 e. The van der Waals surface area contributed by atoms with Crippen molar-refractivity contribution in [2.24, 2.45) is 0 Å². The summed E-state index contributed by atoms with van der Waals surface area (Å²) in [4.78, 5) is 4.22. The maximum atomic E-state index is 10.4. The van der Waals surface area contributed by atoms with Crippen LogP contribution in [0.1, 0.15) is 30.8 Å². The number of hydrogen-bond donors (Lipinski definition) is 1. The number of rotatable bonds is 4. The Bertz CT molecular complexity index is 542. The van der Waals surface area contributed by atoms with E-state index < -0.39 is 6.10 Å². The van der Waals surface area contributed by atoms with Gasteiger partial charge >= 0.3 is 0 Å². The molecule has 0 aliphatic heterocycles. The lowest BCUT2D eigenvalue weighted by Crippen LogP contribution is -2.10. The van der Waals surface area contributed by atoms with Gasteiger partial charge in [-0.3, -0.25) is 0 Å². The van der Waals surface area contributed by atoms with Crippen molar-refractivity contribution in [2.45, 2.75) is 26.0 Å². The average molecular weight is 330 g/mol. The minimum atomic E-state index is -0.809. The Labute approximate surface area is 120 Å². The van der Waals surface area contributed by atoms with E-state index in [0.29, 0.717) is 16.4 Å². The van der Waals surface area contributed by atoms with E-state index in [2.05, 4.69) is 27.8 Å². The Balaban J connectivity index is 2.38. The summed E-state index contributed by atoms with van der Waals surface area (Å²) in [6, 6.07) is 5.42. The maximum Gasteiger partial charge on any atom is 0.142 e. The molecule has 0 spiro atoms. The van der Waals surface area contributed by atoms with E-state index in [1.165, 1.54) is 0 Å². The van der Waals surface area contributed by atoms with E-state index in [1.807, 2.05) is 22.9 Å². The van der Waals surface area contributed by atoms with Crippen LogP contribution in [0.4, 0.5) is 0 Å².